The van der Waals surface area contributed by atoms with Gasteiger partial charge in [-0.05, 0) is 121 Å². The van der Waals surface area contributed by atoms with Crippen LogP contribution in [-0.4, -0.2) is 0 Å². The zero-order valence-electron chi connectivity index (χ0n) is 24.8. The molecule has 48 heavy (non-hydrogen) atoms. The number of alkyl halides is 6. The van der Waals surface area contributed by atoms with Gasteiger partial charge in [-0.3, -0.25) is 0 Å². The lowest BCUT2D eigenvalue weighted by Crippen LogP contribution is -2.04. The molecule has 0 aromatic heterocycles. The molecule has 0 radical (unpaired) electrons. The van der Waals surface area contributed by atoms with E-state index in [1.165, 1.54) is 0 Å². The summed E-state index contributed by atoms with van der Waals surface area (Å²) >= 11 is 0. The van der Waals surface area contributed by atoms with Crippen molar-refractivity contribution >= 4 is 53.9 Å². The monoisotopic (exact) mass is 638 g/mol. The summed E-state index contributed by atoms with van der Waals surface area (Å²) in [6.45, 7) is 0. The summed E-state index contributed by atoms with van der Waals surface area (Å²) in [4.78, 5) is 0. The quantitative estimate of drug-likeness (QED) is 0.165. The first-order valence-corrected chi connectivity index (χ1v) is 15.5. The fourth-order valence-corrected chi connectivity index (χ4v) is 8.32. The maximum Gasteiger partial charge on any atom is 0.416 e. The summed E-state index contributed by atoms with van der Waals surface area (Å²) < 4.78 is 82.5. The van der Waals surface area contributed by atoms with Crippen LogP contribution in [0.2, 0.25) is 0 Å². The van der Waals surface area contributed by atoms with E-state index in [4.69, 9.17) is 0 Å². The normalized spacial score (nSPS) is 13.2. The van der Waals surface area contributed by atoms with Crippen LogP contribution in [0.1, 0.15) is 11.1 Å². The highest BCUT2D eigenvalue weighted by atomic mass is 19.4. The molecule has 6 aromatic carbocycles. The zero-order chi connectivity index (χ0) is 32.7. The van der Waals surface area contributed by atoms with Crippen molar-refractivity contribution in [1.29, 1.82) is 0 Å². The highest BCUT2D eigenvalue weighted by Gasteiger charge is 2.33. The van der Waals surface area contributed by atoms with E-state index in [9.17, 15) is 26.3 Å². The molecule has 0 N–H and O–H groups in total. The number of fused-ring (bicyclic) bond motifs is 7. The molecule has 0 saturated carbocycles. The highest BCUT2D eigenvalue weighted by molar-refractivity contribution is 6.25. The summed E-state index contributed by atoms with van der Waals surface area (Å²) in [5, 5.41) is 13.8. The Morgan fingerprint density at radius 2 is 0.625 bits per heavy atom. The summed E-state index contributed by atoms with van der Waals surface area (Å²) in [6.07, 6.45) is -8.98. The first-order chi connectivity index (χ1) is 23.1. The first-order valence-electron chi connectivity index (χ1n) is 15.5. The lowest BCUT2D eigenvalue weighted by Gasteiger charge is -2.09. The smallest absolute Gasteiger partial charge is 0.166 e. The van der Waals surface area contributed by atoms with Crippen LogP contribution >= 0.6 is 0 Å². The Kier molecular flexibility index (Phi) is 5.18. The average molecular weight is 639 g/mol. The Hall–Kier alpha value is -5.62. The van der Waals surface area contributed by atoms with Crippen molar-refractivity contribution in [3.05, 3.63) is 153 Å². The van der Waals surface area contributed by atoms with Crippen molar-refractivity contribution < 1.29 is 26.3 Å². The third kappa shape index (κ3) is 3.47. The molecule has 10 rings (SSSR count). The number of halogens is 6. The van der Waals surface area contributed by atoms with E-state index in [0.717, 1.165) is 110 Å². The number of hydrogen-bond donors (Lipinski definition) is 0. The molecule has 0 aliphatic heterocycles. The second kappa shape index (κ2) is 9.04. The molecule has 0 atom stereocenters. The maximum atomic E-state index is 13.7. The Labute approximate surface area is 267 Å². The minimum absolute atomic E-state index is 0.647. The van der Waals surface area contributed by atoms with Gasteiger partial charge in [-0.1, -0.05) is 97.1 Å². The SMILES string of the molecule is FC(F)(F)c1ccc(-c2c3c4cccc5cccc(c=3c3c(-c6ccc(C(F)(F)F)cc6)c6c7cccc8cccc(c=6c23)c87)c54)cc1. The van der Waals surface area contributed by atoms with E-state index in [1.54, 1.807) is 24.3 Å². The van der Waals surface area contributed by atoms with E-state index < -0.39 is 23.5 Å². The minimum Gasteiger partial charge on any atom is -0.166 e. The van der Waals surface area contributed by atoms with E-state index >= 15 is 0 Å². The molecule has 0 nitrogen and oxygen atoms in total. The third-order valence-corrected chi connectivity index (χ3v) is 10.1. The third-order valence-electron chi connectivity index (χ3n) is 10.1. The van der Waals surface area contributed by atoms with Crippen molar-refractivity contribution in [2.75, 3.05) is 0 Å². The van der Waals surface area contributed by atoms with Gasteiger partial charge >= 0.3 is 12.4 Å². The Balaban J connectivity index is 1.50. The summed E-state index contributed by atoms with van der Waals surface area (Å²) in [5.74, 6) is 0. The predicted molar refractivity (Wildman–Crippen MR) is 179 cm³/mol. The minimum atomic E-state index is -4.49. The van der Waals surface area contributed by atoms with Crippen LogP contribution in [0.3, 0.4) is 0 Å². The summed E-state index contributed by atoms with van der Waals surface area (Å²) in [7, 11) is 0. The van der Waals surface area contributed by atoms with Crippen LogP contribution in [0.25, 0.3) is 76.1 Å². The van der Waals surface area contributed by atoms with Gasteiger partial charge < -0.3 is 0 Å². The van der Waals surface area contributed by atoms with E-state index in [2.05, 4.69) is 24.3 Å². The summed E-state index contributed by atoms with van der Waals surface area (Å²) in [6, 6.07) is 35.1. The molecule has 0 fully saturated rings. The van der Waals surface area contributed by atoms with Gasteiger partial charge in [-0.15, -0.1) is 0 Å². The van der Waals surface area contributed by atoms with Crippen LogP contribution in [0.15, 0.2) is 121 Å². The largest absolute Gasteiger partial charge is 0.416 e. The second-order valence-electron chi connectivity index (χ2n) is 12.6. The molecule has 0 heterocycles. The Bertz CT molecular complexity index is 2770. The molecule has 0 unspecified atom stereocenters. The molecular formula is C42H20F6. The Morgan fingerprint density at radius 3 is 0.938 bits per heavy atom. The zero-order valence-corrected chi connectivity index (χ0v) is 24.8. The molecule has 0 spiro atoms. The van der Waals surface area contributed by atoms with Gasteiger partial charge in [0.05, 0.1) is 11.1 Å². The van der Waals surface area contributed by atoms with E-state index in [0.29, 0.717) is 11.1 Å². The molecule has 6 heteroatoms. The number of benzene rings is 6. The molecule has 0 bridgehead atoms. The summed E-state index contributed by atoms with van der Waals surface area (Å²) in [5.41, 5.74) is 1.49. The highest BCUT2D eigenvalue weighted by Crippen LogP contribution is 2.51. The number of rotatable bonds is 2. The van der Waals surface area contributed by atoms with Crippen LogP contribution in [0.5, 0.6) is 0 Å². The Morgan fingerprint density at radius 1 is 0.312 bits per heavy atom. The lowest BCUT2D eigenvalue weighted by atomic mass is 9.96. The maximum absolute atomic E-state index is 13.7. The standard InChI is InChI=1S/C42H20F6/c43-41(44,45)25-17-13-23(14-18-25)33-35-27-9-1-5-21-7-3-11-29(31(21)27)37(35)40-34(24-15-19-26(20-16-24)42(46,47)48)36-28-10-2-6-22-8-4-12-30(32(22)28)38(36)39(33)40/h1-20H. The molecule has 6 aromatic rings. The van der Waals surface area contributed by atoms with E-state index in [1.807, 2.05) is 48.5 Å². The fraction of sp³-hybridized carbons (Fsp3) is 0.0476. The van der Waals surface area contributed by atoms with Crippen molar-refractivity contribution in [2.45, 2.75) is 12.4 Å². The van der Waals surface area contributed by atoms with Crippen molar-refractivity contribution in [3.63, 3.8) is 0 Å². The molecular weight excluding hydrogens is 618 g/mol. The first kappa shape index (κ1) is 27.5. The van der Waals surface area contributed by atoms with Crippen LogP contribution in [0.4, 0.5) is 26.3 Å². The van der Waals surface area contributed by atoms with Crippen molar-refractivity contribution in [2.24, 2.45) is 0 Å². The predicted octanol–water partition coefficient (Wildman–Crippen LogP) is 12.6. The lowest BCUT2D eigenvalue weighted by molar-refractivity contribution is -0.138. The van der Waals surface area contributed by atoms with Crippen LogP contribution < -0.4 is 0 Å². The molecule has 4 aliphatic carbocycles. The molecule has 4 aliphatic rings. The average Bonchev–Trinajstić information content (AvgIpc) is 3.78. The van der Waals surface area contributed by atoms with Crippen LogP contribution in [0, 0.1) is 20.9 Å². The molecule has 0 saturated heterocycles. The molecule has 230 valence electrons. The number of hydrogen-bond acceptors (Lipinski definition) is 0. The topological polar surface area (TPSA) is 0 Å². The van der Waals surface area contributed by atoms with E-state index in [-0.39, 0.29) is 0 Å². The van der Waals surface area contributed by atoms with Gasteiger partial charge in [0.15, 0.2) is 0 Å². The van der Waals surface area contributed by atoms with Gasteiger partial charge in [-0.25, -0.2) is 0 Å². The second-order valence-corrected chi connectivity index (χ2v) is 12.6. The van der Waals surface area contributed by atoms with Gasteiger partial charge in [0.25, 0.3) is 0 Å². The van der Waals surface area contributed by atoms with Gasteiger partial charge in [-0.2, -0.15) is 26.3 Å². The van der Waals surface area contributed by atoms with Gasteiger partial charge in [0.1, 0.15) is 0 Å². The fourth-order valence-electron chi connectivity index (χ4n) is 8.32. The molecule has 0 amide bonds. The van der Waals surface area contributed by atoms with Crippen molar-refractivity contribution in [1.82, 2.24) is 0 Å². The van der Waals surface area contributed by atoms with Crippen molar-refractivity contribution in [3.8, 4) is 22.3 Å². The van der Waals surface area contributed by atoms with Crippen LogP contribution in [-0.2, 0) is 12.4 Å². The van der Waals surface area contributed by atoms with Gasteiger partial charge in [0, 0.05) is 0 Å². The van der Waals surface area contributed by atoms with Gasteiger partial charge in [0.2, 0.25) is 0 Å².